The summed E-state index contributed by atoms with van der Waals surface area (Å²) in [5.41, 5.74) is 0. The van der Waals surface area contributed by atoms with E-state index in [1.54, 1.807) is 19.2 Å². The molecule has 0 saturated carbocycles. The highest BCUT2D eigenvalue weighted by molar-refractivity contribution is 14.0. The van der Waals surface area contributed by atoms with Crippen molar-refractivity contribution in [2.75, 3.05) is 53.0 Å². The van der Waals surface area contributed by atoms with E-state index in [0.717, 1.165) is 45.4 Å². The van der Waals surface area contributed by atoms with Crippen molar-refractivity contribution in [2.24, 2.45) is 4.99 Å². The molecule has 1 aliphatic rings. The van der Waals surface area contributed by atoms with Gasteiger partial charge in [-0.05, 0) is 31.2 Å². The maximum atomic E-state index is 12.9. The van der Waals surface area contributed by atoms with Gasteiger partial charge in [-0.1, -0.05) is 0 Å². The monoisotopic (exact) mass is 466 g/mol. The van der Waals surface area contributed by atoms with Crippen molar-refractivity contribution in [1.82, 2.24) is 15.5 Å². The number of guanidine groups is 1. The van der Waals surface area contributed by atoms with Crippen molar-refractivity contribution in [2.45, 2.75) is 13.0 Å². The summed E-state index contributed by atoms with van der Waals surface area (Å²) < 4.78 is 23.9. The molecule has 1 saturated heterocycles. The van der Waals surface area contributed by atoms with Crippen molar-refractivity contribution < 1.29 is 13.9 Å². The lowest BCUT2D eigenvalue weighted by atomic mass is 10.3. The lowest BCUT2D eigenvalue weighted by Crippen LogP contribution is -2.46. The molecule has 25 heavy (non-hydrogen) atoms. The molecule has 142 valence electrons. The number of ether oxygens (including phenoxy) is 2. The normalized spacial score (nSPS) is 16.7. The Hall–Kier alpha value is -1.13. The number of hydrogen-bond acceptors (Lipinski definition) is 4. The molecule has 1 atom stereocenters. The van der Waals surface area contributed by atoms with Crippen LogP contribution in [0, 0.1) is 5.82 Å². The van der Waals surface area contributed by atoms with Crippen LogP contribution in [0.15, 0.2) is 29.3 Å². The van der Waals surface area contributed by atoms with Gasteiger partial charge in [0.15, 0.2) is 5.96 Å². The van der Waals surface area contributed by atoms with Gasteiger partial charge in [0.2, 0.25) is 0 Å². The van der Waals surface area contributed by atoms with E-state index in [9.17, 15) is 4.39 Å². The highest BCUT2D eigenvalue weighted by atomic mass is 127. The largest absolute Gasteiger partial charge is 0.489 e. The molecule has 1 unspecified atom stereocenters. The summed E-state index contributed by atoms with van der Waals surface area (Å²) in [6.07, 6.45) is -0.0618. The number of halogens is 2. The van der Waals surface area contributed by atoms with Crippen LogP contribution in [0.3, 0.4) is 0 Å². The zero-order chi connectivity index (χ0) is 17.2. The molecule has 2 N–H and O–H groups in total. The van der Waals surface area contributed by atoms with E-state index >= 15 is 0 Å². The average molecular weight is 466 g/mol. The summed E-state index contributed by atoms with van der Waals surface area (Å²) in [7, 11) is 1.75. The average Bonchev–Trinajstić information content (AvgIpc) is 2.61. The van der Waals surface area contributed by atoms with Crippen molar-refractivity contribution in [3.05, 3.63) is 30.1 Å². The van der Waals surface area contributed by atoms with E-state index in [1.165, 1.54) is 12.1 Å². The number of morpholine rings is 1. The van der Waals surface area contributed by atoms with Gasteiger partial charge in [0, 0.05) is 33.2 Å². The molecule has 1 aliphatic heterocycles. The molecule has 2 rings (SSSR count). The molecule has 0 aliphatic carbocycles. The van der Waals surface area contributed by atoms with E-state index in [4.69, 9.17) is 9.47 Å². The Kier molecular flexibility index (Phi) is 10.7. The summed E-state index contributed by atoms with van der Waals surface area (Å²) in [6.45, 7) is 7.94. The number of nitrogens with zero attached hydrogens (tertiary/aromatic N) is 2. The zero-order valence-corrected chi connectivity index (χ0v) is 17.2. The van der Waals surface area contributed by atoms with Gasteiger partial charge in [-0.15, -0.1) is 24.0 Å². The van der Waals surface area contributed by atoms with Crippen LogP contribution in [-0.2, 0) is 4.74 Å². The molecule has 0 bridgehead atoms. The van der Waals surface area contributed by atoms with Crippen LogP contribution >= 0.6 is 24.0 Å². The van der Waals surface area contributed by atoms with E-state index in [-0.39, 0.29) is 35.9 Å². The van der Waals surface area contributed by atoms with Crippen molar-refractivity contribution >= 4 is 29.9 Å². The van der Waals surface area contributed by atoms with Crippen molar-refractivity contribution in [1.29, 1.82) is 0 Å². The standard InChI is InChI=1S/C17H27FN4O2.HI/c1-14(24-16-5-3-15(18)4-6-16)13-21-17(19-2)20-7-8-22-9-11-23-12-10-22;/h3-6,14H,7-13H2,1-2H3,(H2,19,20,21);1H. The van der Waals surface area contributed by atoms with Crippen LogP contribution in [0.5, 0.6) is 5.75 Å². The summed E-state index contributed by atoms with van der Waals surface area (Å²) in [6, 6.07) is 6.03. The molecule has 0 spiro atoms. The molecule has 8 heteroatoms. The Morgan fingerprint density at radius 3 is 2.60 bits per heavy atom. The SMILES string of the molecule is CN=C(NCCN1CCOCC1)NCC(C)Oc1ccc(F)cc1.I. The highest BCUT2D eigenvalue weighted by Crippen LogP contribution is 2.12. The first-order chi connectivity index (χ1) is 11.7. The van der Waals surface area contributed by atoms with Crippen LogP contribution < -0.4 is 15.4 Å². The Labute approximate surface area is 166 Å². The predicted molar refractivity (Wildman–Crippen MR) is 109 cm³/mol. The van der Waals surface area contributed by atoms with Crippen LogP contribution in [0.2, 0.25) is 0 Å². The summed E-state index contributed by atoms with van der Waals surface area (Å²) in [4.78, 5) is 6.57. The maximum absolute atomic E-state index is 12.9. The number of aliphatic imine (C=N–C) groups is 1. The second kappa shape index (κ2) is 12.3. The first-order valence-corrected chi connectivity index (χ1v) is 8.34. The molecule has 1 aromatic rings. The van der Waals surface area contributed by atoms with E-state index in [2.05, 4.69) is 20.5 Å². The molecule has 1 aromatic carbocycles. The Bertz CT molecular complexity index is 510. The first kappa shape index (κ1) is 21.9. The minimum atomic E-state index is -0.266. The fraction of sp³-hybridized carbons (Fsp3) is 0.588. The minimum Gasteiger partial charge on any atom is -0.489 e. The molecule has 1 fully saturated rings. The summed E-state index contributed by atoms with van der Waals surface area (Å²) in [5, 5.41) is 6.53. The quantitative estimate of drug-likeness (QED) is 0.364. The molecule has 0 amide bonds. The van der Waals surface area contributed by atoms with Gasteiger partial charge in [-0.2, -0.15) is 0 Å². The van der Waals surface area contributed by atoms with Gasteiger partial charge in [-0.3, -0.25) is 9.89 Å². The number of hydrogen-bond donors (Lipinski definition) is 2. The van der Waals surface area contributed by atoms with E-state index in [0.29, 0.717) is 12.3 Å². The highest BCUT2D eigenvalue weighted by Gasteiger charge is 2.10. The lowest BCUT2D eigenvalue weighted by molar-refractivity contribution is 0.0389. The lowest BCUT2D eigenvalue weighted by Gasteiger charge is -2.26. The first-order valence-electron chi connectivity index (χ1n) is 8.34. The second-order valence-corrected chi connectivity index (χ2v) is 5.72. The summed E-state index contributed by atoms with van der Waals surface area (Å²) in [5.74, 6) is 1.14. The molecule has 1 heterocycles. The van der Waals surface area contributed by atoms with Crippen LogP contribution in [0.25, 0.3) is 0 Å². The topological polar surface area (TPSA) is 58.1 Å². The van der Waals surface area contributed by atoms with Crippen LogP contribution in [-0.4, -0.2) is 69.9 Å². The fourth-order valence-electron chi connectivity index (χ4n) is 2.41. The third-order valence-electron chi connectivity index (χ3n) is 3.76. The van der Waals surface area contributed by atoms with Crippen molar-refractivity contribution in [3.63, 3.8) is 0 Å². The van der Waals surface area contributed by atoms with Crippen molar-refractivity contribution in [3.8, 4) is 5.75 Å². The van der Waals surface area contributed by atoms with E-state index in [1.807, 2.05) is 6.92 Å². The van der Waals surface area contributed by atoms with Gasteiger partial charge in [0.05, 0.1) is 19.8 Å². The summed E-state index contributed by atoms with van der Waals surface area (Å²) >= 11 is 0. The number of rotatable bonds is 7. The third kappa shape index (κ3) is 8.68. The van der Waals surface area contributed by atoms with Crippen LogP contribution in [0.4, 0.5) is 4.39 Å². The smallest absolute Gasteiger partial charge is 0.191 e. The maximum Gasteiger partial charge on any atom is 0.191 e. The molecule has 0 aromatic heterocycles. The number of benzene rings is 1. The molecule has 6 nitrogen and oxygen atoms in total. The van der Waals surface area contributed by atoms with Crippen LogP contribution in [0.1, 0.15) is 6.92 Å². The second-order valence-electron chi connectivity index (χ2n) is 5.72. The molecule has 0 radical (unpaired) electrons. The van der Waals surface area contributed by atoms with Gasteiger partial charge in [-0.25, -0.2) is 4.39 Å². The molecular formula is C17H28FIN4O2. The van der Waals surface area contributed by atoms with Gasteiger partial charge < -0.3 is 20.1 Å². The Morgan fingerprint density at radius 1 is 1.28 bits per heavy atom. The fourth-order valence-corrected chi connectivity index (χ4v) is 2.41. The zero-order valence-electron chi connectivity index (χ0n) is 14.8. The third-order valence-corrected chi connectivity index (χ3v) is 3.76. The molecular weight excluding hydrogens is 438 g/mol. The predicted octanol–water partition coefficient (Wildman–Crippen LogP) is 1.71. The van der Waals surface area contributed by atoms with Gasteiger partial charge >= 0.3 is 0 Å². The van der Waals surface area contributed by atoms with Gasteiger partial charge in [0.25, 0.3) is 0 Å². The van der Waals surface area contributed by atoms with E-state index < -0.39 is 0 Å². The number of nitrogens with one attached hydrogen (secondary N) is 2. The minimum absolute atomic E-state index is 0. The Morgan fingerprint density at radius 2 is 1.96 bits per heavy atom. The Balaban J connectivity index is 0.00000312. The van der Waals surface area contributed by atoms with Gasteiger partial charge in [0.1, 0.15) is 17.7 Å².